The molecule has 6 heteroatoms. The van der Waals surface area contributed by atoms with Crippen LogP contribution in [0.3, 0.4) is 0 Å². The molecular weight excluding hydrogens is 391 g/mol. The molecule has 150 valence electrons. The molecule has 0 fully saturated rings. The Morgan fingerprint density at radius 1 is 0.900 bits per heavy atom. The lowest BCUT2D eigenvalue weighted by Gasteiger charge is -2.15. The lowest BCUT2D eigenvalue weighted by molar-refractivity contribution is -0.138. The van der Waals surface area contributed by atoms with E-state index in [1.165, 1.54) is 18.2 Å². The number of hydrogen-bond donors (Lipinski definition) is 1. The van der Waals surface area contributed by atoms with Crippen molar-refractivity contribution in [1.82, 2.24) is 4.98 Å². The highest BCUT2D eigenvalue weighted by Gasteiger charge is 2.22. The van der Waals surface area contributed by atoms with Crippen LogP contribution in [0.4, 0.5) is 13.2 Å². The van der Waals surface area contributed by atoms with Crippen LogP contribution in [0.1, 0.15) is 17.0 Å². The van der Waals surface area contributed by atoms with Crippen molar-refractivity contribution in [2.75, 3.05) is 0 Å². The molecule has 1 unspecified atom stereocenters. The van der Waals surface area contributed by atoms with E-state index in [-0.39, 0.29) is 17.8 Å². The number of carbonyl (C=O) groups is 1. The van der Waals surface area contributed by atoms with E-state index in [0.717, 1.165) is 23.3 Å². The zero-order chi connectivity index (χ0) is 21.3. The summed E-state index contributed by atoms with van der Waals surface area (Å²) in [6, 6.07) is 16.0. The first kappa shape index (κ1) is 19.6. The van der Waals surface area contributed by atoms with Gasteiger partial charge in [-0.25, -0.2) is 13.2 Å². The molecule has 1 atom stereocenters. The van der Waals surface area contributed by atoms with Crippen molar-refractivity contribution in [2.45, 2.75) is 12.3 Å². The highest BCUT2D eigenvalue weighted by molar-refractivity contribution is 5.94. The van der Waals surface area contributed by atoms with Gasteiger partial charge >= 0.3 is 5.97 Å². The Morgan fingerprint density at radius 3 is 2.30 bits per heavy atom. The molecule has 0 radical (unpaired) electrons. The number of carboxylic acids is 1. The summed E-state index contributed by atoms with van der Waals surface area (Å²) in [5, 5.41) is 10.3. The summed E-state index contributed by atoms with van der Waals surface area (Å²) < 4.78 is 40.8. The van der Waals surface area contributed by atoms with Crippen LogP contribution in [0.25, 0.3) is 22.0 Å². The van der Waals surface area contributed by atoms with Gasteiger partial charge in [0.05, 0.1) is 11.4 Å². The predicted molar refractivity (Wildman–Crippen MR) is 108 cm³/mol. The molecule has 1 aromatic heterocycles. The lowest BCUT2D eigenvalue weighted by Crippen LogP contribution is -2.15. The van der Waals surface area contributed by atoms with Crippen LogP contribution < -0.4 is 0 Å². The molecular formula is C24H16F3NO2. The lowest BCUT2D eigenvalue weighted by atomic mass is 9.90. The van der Waals surface area contributed by atoms with E-state index in [0.29, 0.717) is 16.5 Å². The highest BCUT2D eigenvalue weighted by Crippen LogP contribution is 2.30. The summed E-state index contributed by atoms with van der Waals surface area (Å²) in [6.07, 6.45) is 1.52. The van der Waals surface area contributed by atoms with E-state index in [9.17, 15) is 23.1 Å². The number of aromatic nitrogens is 1. The monoisotopic (exact) mass is 407 g/mol. The number of aliphatic carboxylic acids is 1. The largest absolute Gasteiger partial charge is 0.481 e. The first-order chi connectivity index (χ1) is 14.4. The fourth-order valence-corrected chi connectivity index (χ4v) is 3.52. The number of halogens is 3. The van der Waals surface area contributed by atoms with E-state index < -0.39 is 23.5 Å². The fourth-order valence-electron chi connectivity index (χ4n) is 3.52. The normalized spacial score (nSPS) is 12.1. The summed E-state index contributed by atoms with van der Waals surface area (Å²) in [7, 11) is 0. The second-order valence-corrected chi connectivity index (χ2v) is 6.97. The van der Waals surface area contributed by atoms with Crippen LogP contribution in [0.15, 0.2) is 72.9 Å². The van der Waals surface area contributed by atoms with E-state index in [1.807, 2.05) is 0 Å². The van der Waals surface area contributed by atoms with Crippen LogP contribution >= 0.6 is 0 Å². The van der Waals surface area contributed by atoms with Crippen molar-refractivity contribution in [1.29, 1.82) is 0 Å². The Hall–Kier alpha value is -3.67. The average molecular weight is 407 g/mol. The van der Waals surface area contributed by atoms with Crippen molar-refractivity contribution in [3.8, 4) is 11.1 Å². The van der Waals surface area contributed by atoms with Crippen LogP contribution in [-0.2, 0) is 11.2 Å². The topological polar surface area (TPSA) is 50.2 Å². The third-order valence-corrected chi connectivity index (χ3v) is 5.06. The summed E-state index contributed by atoms with van der Waals surface area (Å²) in [6.45, 7) is 0. The zero-order valence-corrected chi connectivity index (χ0v) is 15.6. The van der Waals surface area contributed by atoms with Gasteiger partial charge in [0.25, 0.3) is 0 Å². The molecule has 0 bridgehead atoms. The molecule has 30 heavy (non-hydrogen) atoms. The fraction of sp³-hybridized carbons (Fsp3) is 0.0833. The highest BCUT2D eigenvalue weighted by atomic mass is 19.1. The number of fused-ring (bicyclic) bond motifs is 1. The van der Waals surface area contributed by atoms with Crippen molar-refractivity contribution >= 4 is 16.9 Å². The van der Waals surface area contributed by atoms with Crippen LogP contribution in [0, 0.1) is 17.5 Å². The number of rotatable bonds is 5. The zero-order valence-electron chi connectivity index (χ0n) is 15.6. The number of hydrogen-bond acceptors (Lipinski definition) is 2. The van der Waals surface area contributed by atoms with Gasteiger partial charge in [0, 0.05) is 17.6 Å². The van der Waals surface area contributed by atoms with Gasteiger partial charge < -0.3 is 5.11 Å². The molecule has 0 saturated carbocycles. The summed E-state index contributed by atoms with van der Waals surface area (Å²) in [4.78, 5) is 16.0. The number of benzene rings is 3. The van der Waals surface area contributed by atoms with Gasteiger partial charge in [-0.2, -0.15) is 0 Å². The Labute approximate surface area is 170 Å². The first-order valence-corrected chi connectivity index (χ1v) is 9.24. The molecule has 3 nitrogen and oxygen atoms in total. The van der Waals surface area contributed by atoms with Gasteiger partial charge in [-0.15, -0.1) is 0 Å². The van der Waals surface area contributed by atoms with Gasteiger partial charge in [-0.1, -0.05) is 30.3 Å². The number of pyridine rings is 1. The Kier molecular flexibility index (Phi) is 5.23. The summed E-state index contributed by atoms with van der Waals surface area (Å²) in [5.41, 5.74) is 2.80. The molecule has 1 N–H and O–H groups in total. The third kappa shape index (κ3) is 3.89. The minimum Gasteiger partial charge on any atom is -0.481 e. The molecule has 0 aliphatic carbocycles. The first-order valence-electron chi connectivity index (χ1n) is 9.24. The van der Waals surface area contributed by atoms with E-state index in [4.69, 9.17) is 0 Å². The molecule has 0 saturated heterocycles. The standard InChI is InChI=1S/C24H16F3NO2/c25-17-7-8-23-21(12-17)19(9-10-28-23)14-1-3-15(4-2-14)20(24(29)30)11-16-5-6-18(26)13-22(16)27/h1-10,12-13,20H,11H2,(H,29,30). The third-order valence-electron chi connectivity index (χ3n) is 5.06. The SMILES string of the molecule is O=C(O)C(Cc1ccc(F)cc1F)c1ccc(-c2ccnc3ccc(F)cc23)cc1. The number of carboxylic acid groups (broad SMARTS) is 1. The van der Waals surface area contributed by atoms with Crippen LogP contribution in [0.5, 0.6) is 0 Å². The maximum atomic E-state index is 14.0. The molecule has 0 aliphatic rings. The van der Waals surface area contributed by atoms with Crippen LogP contribution in [0.2, 0.25) is 0 Å². The summed E-state index contributed by atoms with van der Waals surface area (Å²) >= 11 is 0. The average Bonchev–Trinajstić information content (AvgIpc) is 2.73. The summed E-state index contributed by atoms with van der Waals surface area (Å²) in [5.74, 6) is -3.97. The quantitative estimate of drug-likeness (QED) is 0.460. The van der Waals surface area contributed by atoms with Crippen molar-refractivity contribution in [3.05, 3.63) is 102 Å². The van der Waals surface area contributed by atoms with Crippen molar-refractivity contribution in [2.24, 2.45) is 0 Å². The molecule has 0 aliphatic heterocycles. The molecule has 1 heterocycles. The molecule has 0 amide bonds. The van der Waals surface area contributed by atoms with Crippen LogP contribution in [-0.4, -0.2) is 16.1 Å². The van der Waals surface area contributed by atoms with Crippen molar-refractivity contribution in [3.63, 3.8) is 0 Å². The van der Waals surface area contributed by atoms with E-state index in [2.05, 4.69) is 4.98 Å². The minimum absolute atomic E-state index is 0.107. The van der Waals surface area contributed by atoms with Gasteiger partial charge in [0.1, 0.15) is 17.5 Å². The molecule has 4 rings (SSSR count). The van der Waals surface area contributed by atoms with Crippen molar-refractivity contribution < 1.29 is 23.1 Å². The van der Waals surface area contributed by atoms with Gasteiger partial charge in [0.15, 0.2) is 0 Å². The van der Waals surface area contributed by atoms with E-state index >= 15 is 0 Å². The van der Waals surface area contributed by atoms with E-state index in [1.54, 1.807) is 42.6 Å². The Balaban J connectivity index is 1.68. The maximum Gasteiger partial charge on any atom is 0.311 e. The number of nitrogens with zero attached hydrogens (tertiary/aromatic N) is 1. The smallest absolute Gasteiger partial charge is 0.311 e. The Morgan fingerprint density at radius 2 is 1.60 bits per heavy atom. The maximum absolute atomic E-state index is 14.0. The van der Waals surface area contributed by atoms with Gasteiger partial charge in [0.2, 0.25) is 0 Å². The second kappa shape index (κ2) is 7.99. The van der Waals surface area contributed by atoms with Gasteiger partial charge in [-0.05, 0) is 59.0 Å². The molecule has 0 spiro atoms. The molecule has 3 aromatic carbocycles. The second-order valence-electron chi connectivity index (χ2n) is 6.97. The Bertz CT molecular complexity index is 1240. The predicted octanol–water partition coefficient (Wildman–Crippen LogP) is 5.73. The molecule has 4 aromatic rings. The van der Waals surface area contributed by atoms with Gasteiger partial charge in [-0.3, -0.25) is 9.78 Å². The minimum atomic E-state index is -1.11.